The number of carbonyl (C=O) groups is 2. The molecular weight excluding hydrogens is 210 g/mol. The third-order valence-electron chi connectivity index (χ3n) is 2.07. The van der Waals surface area contributed by atoms with Crippen LogP contribution >= 0.6 is 0 Å². The number of aromatic nitrogens is 2. The largest absolute Gasteiger partial charge is 0.478 e. The number of amides is 1. The van der Waals surface area contributed by atoms with E-state index in [1.807, 2.05) is 13.8 Å². The lowest BCUT2D eigenvalue weighted by molar-refractivity contribution is 0.0690. The van der Waals surface area contributed by atoms with Gasteiger partial charge in [-0.2, -0.15) is 5.10 Å². The van der Waals surface area contributed by atoms with E-state index in [1.165, 1.54) is 10.9 Å². The molecule has 0 spiro atoms. The Morgan fingerprint density at radius 3 is 2.62 bits per heavy atom. The van der Waals surface area contributed by atoms with Gasteiger partial charge in [-0.25, -0.2) is 4.79 Å². The summed E-state index contributed by atoms with van der Waals surface area (Å²) >= 11 is 0. The fraction of sp³-hybridized carbons (Fsp3) is 0.500. The molecular formula is C10H15N3O3. The van der Waals surface area contributed by atoms with Gasteiger partial charge in [0.1, 0.15) is 11.3 Å². The maximum Gasteiger partial charge on any atom is 0.339 e. The summed E-state index contributed by atoms with van der Waals surface area (Å²) in [6, 6.07) is -0.0642. The molecule has 0 aliphatic rings. The second-order valence-electron chi connectivity index (χ2n) is 3.61. The molecule has 88 valence electrons. The Balaban J connectivity index is 3.24. The summed E-state index contributed by atoms with van der Waals surface area (Å²) in [5.74, 6) is -1.56. The van der Waals surface area contributed by atoms with Crippen molar-refractivity contribution in [2.45, 2.75) is 26.8 Å². The summed E-state index contributed by atoms with van der Waals surface area (Å²) in [5, 5.41) is 15.4. The molecule has 0 saturated carbocycles. The van der Waals surface area contributed by atoms with Gasteiger partial charge in [-0.15, -0.1) is 0 Å². The monoisotopic (exact) mass is 225 g/mol. The Morgan fingerprint density at radius 2 is 2.19 bits per heavy atom. The molecule has 1 rings (SSSR count). The molecule has 16 heavy (non-hydrogen) atoms. The number of aromatic carboxylic acids is 1. The third-order valence-corrected chi connectivity index (χ3v) is 2.07. The van der Waals surface area contributed by atoms with Crippen molar-refractivity contribution in [3.8, 4) is 0 Å². The Bertz CT molecular complexity index is 409. The van der Waals surface area contributed by atoms with Crippen molar-refractivity contribution >= 4 is 11.9 Å². The second-order valence-corrected chi connectivity index (χ2v) is 3.61. The highest BCUT2D eigenvalue weighted by Crippen LogP contribution is 2.14. The molecule has 1 aromatic heterocycles. The first kappa shape index (κ1) is 12.2. The average Bonchev–Trinajstić information content (AvgIpc) is 2.61. The van der Waals surface area contributed by atoms with Crippen molar-refractivity contribution in [3.05, 3.63) is 17.5 Å². The highest BCUT2D eigenvalue weighted by Gasteiger charge is 2.23. The molecule has 1 aromatic rings. The predicted octanol–water partition coefficient (Wildman–Crippen LogP) is 0.912. The standard InChI is InChI=1S/C10H15N3O3/c1-4-11-9(14)8-7(10(15)16)5-12-13(8)6(2)3/h5-6H,4H2,1-3H3,(H,11,14)(H,15,16). The number of carbonyl (C=O) groups excluding carboxylic acids is 1. The van der Waals surface area contributed by atoms with Gasteiger partial charge in [0.25, 0.3) is 5.91 Å². The lowest BCUT2D eigenvalue weighted by Crippen LogP contribution is -2.28. The minimum absolute atomic E-state index is 0.0642. The van der Waals surface area contributed by atoms with E-state index in [2.05, 4.69) is 10.4 Å². The van der Waals surface area contributed by atoms with Gasteiger partial charge in [-0.05, 0) is 20.8 Å². The number of carboxylic acid groups (broad SMARTS) is 1. The van der Waals surface area contributed by atoms with E-state index in [-0.39, 0.29) is 17.3 Å². The van der Waals surface area contributed by atoms with Crippen LogP contribution in [0.25, 0.3) is 0 Å². The molecule has 0 bridgehead atoms. The van der Waals surface area contributed by atoms with Crippen molar-refractivity contribution < 1.29 is 14.7 Å². The van der Waals surface area contributed by atoms with Crippen LogP contribution in [-0.2, 0) is 0 Å². The van der Waals surface area contributed by atoms with Gasteiger partial charge < -0.3 is 10.4 Å². The Hall–Kier alpha value is -1.85. The van der Waals surface area contributed by atoms with Crippen molar-refractivity contribution in [1.82, 2.24) is 15.1 Å². The summed E-state index contributed by atoms with van der Waals surface area (Å²) < 4.78 is 1.41. The molecule has 0 aliphatic carbocycles. The first-order valence-corrected chi connectivity index (χ1v) is 5.08. The van der Waals surface area contributed by atoms with Crippen LogP contribution in [0.5, 0.6) is 0 Å². The molecule has 0 fully saturated rings. The molecule has 2 N–H and O–H groups in total. The molecule has 6 nitrogen and oxygen atoms in total. The molecule has 0 unspecified atom stereocenters. The number of hydrogen-bond donors (Lipinski definition) is 2. The quantitative estimate of drug-likeness (QED) is 0.797. The van der Waals surface area contributed by atoms with Crippen LogP contribution < -0.4 is 5.32 Å². The predicted molar refractivity (Wildman–Crippen MR) is 57.6 cm³/mol. The van der Waals surface area contributed by atoms with E-state index in [0.29, 0.717) is 6.54 Å². The first-order valence-electron chi connectivity index (χ1n) is 5.08. The van der Waals surface area contributed by atoms with E-state index in [0.717, 1.165) is 0 Å². The van der Waals surface area contributed by atoms with E-state index in [9.17, 15) is 9.59 Å². The SMILES string of the molecule is CCNC(=O)c1c(C(=O)O)cnn1C(C)C. The van der Waals surface area contributed by atoms with Crippen molar-refractivity contribution in [2.75, 3.05) is 6.54 Å². The second kappa shape index (κ2) is 4.78. The molecule has 1 heterocycles. The zero-order valence-electron chi connectivity index (χ0n) is 9.52. The van der Waals surface area contributed by atoms with Crippen molar-refractivity contribution in [2.24, 2.45) is 0 Å². The molecule has 0 atom stereocenters. The minimum Gasteiger partial charge on any atom is -0.478 e. The van der Waals surface area contributed by atoms with Crippen molar-refractivity contribution in [3.63, 3.8) is 0 Å². The van der Waals surface area contributed by atoms with Gasteiger partial charge in [0, 0.05) is 12.6 Å². The Kier molecular flexibility index (Phi) is 3.65. The van der Waals surface area contributed by atoms with Crippen LogP contribution in [0.1, 0.15) is 47.7 Å². The fourth-order valence-electron chi connectivity index (χ4n) is 1.38. The molecule has 6 heteroatoms. The van der Waals surface area contributed by atoms with Gasteiger partial charge in [0.2, 0.25) is 0 Å². The van der Waals surface area contributed by atoms with E-state index in [1.54, 1.807) is 6.92 Å². The molecule has 1 amide bonds. The highest BCUT2D eigenvalue weighted by atomic mass is 16.4. The van der Waals surface area contributed by atoms with E-state index in [4.69, 9.17) is 5.11 Å². The van der Waals surface area contributed by atoms with Crippen LogP contribution in [-0.4, -0.2) is 33.3 Å². The summed E-state index contributed by atoms with van der Waals surface area (Å²) in [4.78, 5) is 22.7. The lowest BCUT2D eigenvalue weighted by atomic mass is 10.2. The van der Waals surface area contributed by atoms with Gasteiger partial charge in [-0.3, -0.25) is 9.48 Å². The van der Waals surface area contributed by atoms with Gasteiger partial charge >= 0.3 is 5.97 Å². The summed E-state index contributed by atoms with van der Waals surface area (Å²) in [7, 11) is 0. The lowest BCUT2D eigenvalue weighted by Gasteiger charge is -2.11. The number of carboxylic acids is 1. The van der Waals surface area contributed by atoms with Crippen LogP contribution in [0, 0.1) is 0 Å². The summed E-state index contributed by atoms with van der Waals surface area (Å²) in [6.45, 7) is 5.89. The highest BCUT2D eigenvalue weighted by molar-refractivity contribution is 6.03. The molecule has 0 aromatic carbocycles. The van der Waals surface area contributed by atoms with Gasteiger partial charge in [0.05, 0.1) is 6.20 Å². The normalized spacial score (nSPS) is 10.5. The minimum atomic E-state index is -1.15. The average molecular weight is 225 g/mol. The topological polar surface area (TPSA) is 84.2 Å². The van der Waals surface area contributed by atoms with Gasteiger partial charge in [-0.1, -0.05) is 0 Å². The molecule has 0 saturated heterocycles. The van der Waals surface area contributed by atoms with E-state index < -0.39 is 11.9 Å². The number of rotatable bonds is 4. The Morgan fingerprint density at radius 1 is 1.56 bits per heavy atom. The number of nitrogens with one attached hydrogen (secondary N) is 1. The Labute approximate surface area is 93.3 Å². The molecule has 0 radical (unpaired) electrons. The van der Waals surface area contributed by atoms with E-state index >= 15 is 0 Å². The zero-order chi connectivity index (χ0) is 12.3. The number of nitrogens with zero attached hydrogens (tertiary/aromatic N) is 2. The van der Waals surface area contributed by atoms with Gasteiger partial charge in [0.15, 0.2) is 0 Å². The third kappa shape index (κ3) is 2.21. The zero-order valence-corrected chi connectivity index (χ0v) is 9.52. The summed E-state index contributed by atoms with van der Waals surface area (Å²) in [5.41, 5.74) is 0.0315. The van der Waals surface area contributed by atoms with Crippen LogP contribution in [0.3, 0.4) is 0 Å². The smallest absolute Gasteiger partial charge is 0.339 e. The van der Waals surface area contributed by atoms with Crippen LogP contribution in [0.4, 0.5) is 0 Å². The summed E-state index contributed by atoms with van der Waals surface area (Å²) in [6.07, 6.45) is 1.20. The van der Waals surface area contributed by atoms with Crippen molar-refractivity contribution in [1.29, 1.82) is 0 Å². The van der Waals surface area contributed by atoms with Crippen LogP contribution in [0.15, 0.2) is 6.20 Å². The fourth-order valence-corrected chi connectivity index (χ4v) is 1.38. The molecule has 0 aliphatic heterocycles. The number of hydrogen-bond acceptors (Lipinski definition) is 3. The first-order chi connectivity index (χ1) is 7.49. The maximum atomic E-state index is 11.7. The maximum absolute atomic E-state index is 11.7. The van der Waals surface area contributed by atoms with Crippen LogP contribution in [0.2, 0.25) is 0 Å².